The van der Waals surface area contributed by atoms with Crippen molar-refractivity contribution in [1.82, 2.24) is 20.3 Å². The van der Waals surface area contributed by atoms with Crippen LogP contribution in [0.3, 0.4) is 0 Å². The first kappa shape index (κ1) is 16.0. The largest absolute Gasteiger partial charge is 0.418 e. The molecule has 0 unspecified atom stereocenters. The molecule has 1 N–H and O–H groups in total. The quantitative estimate of drug-likeness (QED) is 0.827. The number of benzene rings is 1. The molecule has 8 heteroatoms. The van der Waals surface area contributed by atoms with Gasteiger partial charge in [0.2, 0.25) is 0 Å². The summed E-state index contributed by atoms with van der Waals surface area (Å²) in [5.41, 5.74) is -0.202. The Morgan fingerprint density at radius 1 is 1.33 bits per heavy atom. The summed E-state index contributed by atoms with van der Waals surface area (Å²) in [7, 11) is 0. The summed E-state index contributed by atoms with van der Waals surface area (Å²) in [4.78, 5) is 0. The molecular formula is C13H14BrF3N4. The smallest absolute Gasteiger partial charge is 0.311 e. The van der Waals surface area contributed by atoms with E-state index in [1.165, 1.54) is 16.9 Å². The Morgan fingerprint density at radius 2 is 2.10 bits per heavy atom. The Kier molecular flexibility index (Phi) is 5.00. The Hall–Kier alpha value is -1.41. The highest BCUT2D eigenvalue weighted by Gasteiger charge is 2.34. The van der Waals surface area contributed by atoms with Gasteiger partial charge in [-0.05, 0) is 31.2 Å². The summed E-state index contributed by atoms with van der Waals surface area (Å²) in [6.45, 7) is 3.20. The third-order valence-electron chi connectivity index (χ3n) is 2.84. The highest BCUT2D eigenvalue weighted by atomic mass is 79.9. The van der Waals surface area contributed by atoms with Crippen LogP contribution in [-0.4, -0.2) is 21.5 Å². The van der Waals surface area contributed by atoms with Gasteiger partial charge in [-0.2, -0.15) is 13.2 Å². The van der Waals surface area contributed by atoms with E-state index in [0.717, 1.165) is 19.0 Å². The minimum absolute atomic E-state index is 0.0310. The molecule has 0 aliphatic carbocycles. The fourth-order valence-corrected chi connectivity index (χ4v) is 2.25. The normalized spacial score (nSPS) is 11.9. The van der Waals surface area contributed by atoms with E-state index in [-0.39, 0.29) is 5.69 Å². The Balaban J connectivity index is 2.41. The molecule has 2 rings (SSSR count). The number of nitrogens with one attached hydrogen (secondary N) is 1. The molecule has 0 saturated carbocycles. The van der Waals surface area contributed by atoms with E-state index in [2.05, 4.69) is 31.6 Å². The average molecular weight is 363 g/mol. The van der Waals surface area contributed by atoms with Crippen molar-refractivity contribution in [3.63, 3.8) is 0 Å². The van der Waals surface area contributed by atoms with Crippen LogP contribution in [-0.2, 0) is 12.7 Å². The van der Waals surface area contributed by atoms with Crippen molar-refractivity contribution in [2.45, 2.75) is 26.1 Å². The van der Waals surface area contributed by atoms with Crippen LogP contribution in [0.2, 0.25) is 0 Å². The maximum absolute atomic E-state index is 13.2. The van der Waals surface area contributed by atoms with E-state index < -0.39 is 11.7 Å². The standard InChI is InChI=1S/C13H14BrF3N4/c1-2-5-18-7-10-8-19-20-21(10)12-4-3-9(14)6-11(12)13(15,16)17/h3-4,6,8,18H,2,5,7H2,1H3. The number of aromatic nitrogens is 3. The number of nitrogens with zero attached hydrogens (tertiary/aromatic N) is 3. The summed E-state index contributed by atoms with van der Waals surface area (Å²) < 4.78 is 41.1. The van der Waals surface area contributed by atoms with Crippen LogP contribution in [0, 0.1) is 0 Å². The monoisotopic (exact) mass is 362 g/mol. The lowest BCUT2D eigenvalue weighted by molar-refractivity contribution is -0.137. The van der Waals surface area contributed by atoms with Crippen molar-refractivity contribution >= 4 is 15.9 Å². The number of halogens is 4. The molecule has 4 nitrogen and oxygen atoms in total. The van der Waals surface area contributed by atoms with Gasteiger partial charge in [-0.15, -0.1) is 5.10 Å². The van der Waals surface area contributed by atoms with Crippen LogP contribution in [0.5, 0.6) is 0 Å². The summed E-state index contributed by atoms with van der Waals surface area (Å²) in [5.74, 6) is 0. The maximum Gasteiger partial charge on any atom is 0.418 e. The molecule has 0 fully saturated rings. The van der Waals surface area contributed by atoms with Gasteiger partial charge in [0.05, 0.1) is 23.1 Å². The van der Waals surface area contributed by atoms with Crippen LogP contribution in [0.4, 0.5) is 13.2 Å². The fourth-order valence-electron chi connectivity index (χ4n) is 1.89. The van der Waals surface area contributed by atoms with E-state index in [1.54, 1.807) is 6.07 Å². The zero-order chi connectivity index (χ0) is 15.5. The minimum Gasteiger partial charge on any atom is -0.311 e. The number of rotatable bonds is 5. The lowest BCUT2D eigenvalue weighted by Gasteiger charge is -2.14. The molecule has 114 valence electrons. The van der Waals surface area contributed by atoms with E-state index in [0.29, 0.717) is 16.7 Å². The molecular weight excluding hydrogens is 349 g/mol. The Labute approximate surface area is 128 Å². The second-order valence-electron chi connectivity index (χ2n) is 4.47. The first-order valence-electron chi connectivity index (χ1n) is 6.41. The highest BCUT2D eigenvalue weighted by Crippen LogP contribution is 2.35. The molecule has 1 heterocycles. The van der Waals surface area contributed by atoms with Gasteiger partial charge in [0.1, 0.15) is 0 Å². The summed E-state index contributed by atoms with van der Waals surface area (Å²) in [5, 5.41) is 10.6. The zero-order valence-electron chi connectivity index (χ0n) is 11.3. The van der Waals surface area contributed by atoms with Crippen LogP contribution in [0.15, 0.2) is 28.9 Å². The lowest BCUT2D eigenvalue weighted by atomic mass is 10.1. The fraction of sp³-hybridized carbons (Fsp3) is 0.385. The molecule has 0 radical (unpaired) electrons. The van der Waals surface area contributed by atoms with Gasteiger partial charge in [-0.3, -0.25) is 0 Å². The molecule has 0 atom stereocenters. The van der Waals surface area contributed by atoms with Gasteiger partial charge in [0, 0.05) is 11.0 Å². The third kappa shape index (κ3) is 3.82. The number of hydrogen-bond acceptors (Lipinski definition) is 3. The van der Waals surface area contributed by atoms with E-state index in [1.807, 2.05) is 6.92 Å². The van der Waals surface area contributed by atoms with Gasteiger partial charge >= 0.3 is 6.18 Å². The van der Waals surface area contributed by atoms with E-state index in [4.69, 9.17) is 0 Å². The van der Waals surface area contributed by atoms with Gasteiger partial charge in [0.15, 0.2) is 0 Å². The topological polar surface area (TPSA) is 42.7 Å². The molecule has 0 saturated heterocycles. The molecule has 0 aliphatic rings. The van der Waals surface area contributed by atoms with Gasteiger partial charge in [-0.1, -0.05) is 28.1 Å². The van der Waals surface area contributed by atoms with Crippen LogP contribution >= 0.6 is 15.9 Å². The molecule has 21 heavy (non-hydrogen) atoms. The third-order valence-corrected chi connectivity index (χ3v) is 3.34. The van der Waals surface area contributed by atoms with Crippen molar-refractivity contribution < 1.29 is 13.2 Å². The molecule has 0 spiro atoms. The van der Waals surface area contributed by atoms with Crippen molar-refractivity contribution in [3.05, 3.63) is 40.1 Å². The summed E-state index contributed by atoms with van der Waals surface area (Å²) in [6, 6.07) is 3.97. The molecule has 1 aromatic heterocycles. The van der Waals surface area contributed by atoms with Crippen molar-refractivity contribution in [1.29, 1.82) is 0 Å². The van der Waals surface area contributed by atoms with Crippen LogP contribution in [0.25, 0.3) is 5.69 Å². The molecule has 1 aromatic carbocycles. The lowest BCUT2D eigenvalue weighted by Crippen LogP contribution is -2.18. The minimum atomic E-state index is -4.46. The average Bonchev–Trinajstić information content (AvgIpc) is 2.86. The summed E-state index contributed by atoms with van der Waals surface area (Å²) in [6.07, 6.45) is -2.06. The molecule has 0 aliphatic heterocycles. The highest BCUT2D eigenvalue weighted by molar-refractivity contribution is 9.10. The van der Waals surface area contributed by atoms with Gasteiger partial charge in [0.25, 0.3) is 0 Å². The van der Waals surface area contributed by atoms with Gasteiger partial charge < -0.3 is 5.32 Å². The molecule has 2 aromatic rings. The summed E-state index contributed by atoms with van der Waals surface area (Å²) >= 11 is 3.06. The van der Waals surface area contributed by atoms with E-state index in [9.17, 15) is 13.2 Å². The first-order chi connectivity index (χ1) is 9.93. The van der Waals surface area contributed by atoms with Crippen molar-refractivity contribution in [2.24, 2.45) is 0 Å². The van der Waals surface area contributed by atoms with Gasteiger partial charge in [-0.25, -0.2) is 4.68 Å². The maximum atomic E-state index is 13.2. The first-order valence-corrected chi connectivity index (χ1v) is 7.20. The van der Waals surface area contributed by atoms with E-state index >= 15 is 0 Å². The zero-order valence-corrected chi connectivity index (χ0v) is 12.9. The Morgan fingerprint density at radius 3 is 2.76 bits per heavy atom. The number of alkyl halides is 3. The van der Waals surface area contributed by atoms with Crippen molar-refractivity contribution in [3.8, 4) is 5.69 Å². The van der Waals surface area contributed by atoms with Crippen molar-refractivity contribution in [2.75, 3.05) is 6.54 Å². The predicted octanol–water partition coefficient (Wildman–Crippen LogP) is 3.55. The number of hydrogen-bond donors (Lipinski definition) is 1. The predicted molar refractivity (Wildman–Crippen MR) is 76.1 cm³/mol. The second-order valence-corrected chi connectivity index (χ2v) is 5.39. The second kappa shape index (κ2) is 6.57. The molecule has 0 amide bonds. The Bertz CT molecular complexity index is 610. The SMILES string of the molecule is CCCNCc1cnnn1-c1ccc(Br)cc1C(F)(F)F. The molecule has 0 bridgehead atoms. The van der Waals surface area contributed by atoms with Crippen LogP contribution in [0.1, 0.15) is 24.6 Å². The van der Waals surface area contributed by atoms with Crippen LogP contribution < -0.4 is 5.32 Å².